The van der Waals surface area contributed by atoms with E-state index in [1.807, 2.05) is 0 Å². The first-order valence-electron chi connectivity index (χ1n) is 6.67. The number of amidine groups is 1. The molecule has 0 aliphatic carbocycles. The van der Waals surface area contributed by atoms with Gasteiger partial charge in [0, 0.05) is 20.5 Å². The minimum atomic E-state index is -2.99. The molecular weight excluding hydrogens is 328 g/mol. The molecule has 0 radical (unpaired) electrons. The number of rotatable bonds is 5. The highest BCUT2D eigenvalue weighted by molar-refractivity contribution is 8.15. The molecule has 1 heterocycles. The van der Waals surface area contributed by atoms with Crippen LogP contribution in [0.2, 0.25) is 0 Å². The lowest BCUT2D eigenvalue weighted by Gasteiger charge is -2.12. The van der Waals surface area contributed by atoms with Gasteiger partial charge in [-0.2, -0.15) is 8.78 Å². The Hall–Kier alpha value is -2.16. The second-order valence-corrected chi connectivity index (χ2v) is 5.81. The molecule has 0 spiro atoms. The number of amides is 2. The van der Waals surface area contributed by atoms with Crippen LogP contribution in [-0.4, -0.2) is 47.8 Å². The van der Waals surface area contributed by atoms with E-state index in [-0.39, 0.29) is 23.8 Å². The highest BCUT2D eigenvalue weighted by atomic mass is 32.2. The quantitative estimate of drug-likeness (QED) is 0.889. The monoisotopic (exact) mass is 343 g/mol. The summed E-state index contributed by atoms with van der Waals surface area (Å²) < 4.78 is 29.0. The van der Waals surface area contributed by atoms with Gasteiger partial charge in [-0.15, -0.1) is 0 Å². The van der Waals surface area contributed by atoms with Crippen LogP contribution in [0.25, 0.3) is 0 Å². The van der Waals surface area contributed by atoms with Gasteiger partial charge in [0.1, 0.15) is 11.0 Å². The molecule has 1 aliphatic rings. The Labute approximate surface area is 135 Å². The second-order valence-electron chi connectivity index (χ2n) is 4.64. The summed E-state index contributed by atoms with van der Waals surface area (Å²) in [6.45, 7) is -2.99. The number of hydrogen-bond donors (Lipinski definition) is 1. The van der Waals surface area contributed by atoms with Gasteiger partial charge >= 0.3 is 6.61 Å². The van der Waals surface area contributed by atoms with Gasteiger partial charge in [0.25, 0.3) is 0 Å². The summed E-state index contributed by atoms with van der Waals surface area (Å²) in [5, 5.41) is 2.44. The smallest absolute Gasteiger partial charge is 0.387 e. The molecule has 2 amide bonds. The number of thioether (sulfide) groups is 1. The van der Waals surface area contributed by atoms with Crippen molar-refractivity contribution in [3.05, 3.63) is 24.3 Å². The number of hydrogen-bond acceptors (Lipinski definition) is 5. The van der Waals surface area contributed by atoms with E-state index in [1.165, 1.54) is 34.9 Å². The summed E-state index contributed by atoms with van der Waals surface area (Å²) in [6.07, 6.45) is -0.0874. The third kappa shape index (κ3) is 4.19. The molecule has 2 rings (SSSR count). The lowest BCUT2D eigenvalue weighted by Crippen LogP contribution is -2.30. The first-order valence-corrected chi connectivity index (χ1v) is 7.55. The Morgan fingerprint density at radius 3 is 2.78 bits per heavy atom. The van der Waals surface area contributed by atoms with Gasteiger partial charge in [-0.05, 0) is 12.1 Å². The van der Waals surface area contributed by atoms with Crippen LogP contribution in [0.5, 0.6) is 5.75 Å². The van der Waals surface area contributed by atoms with Gasteiger partial charge in [0.2, 0.25) is 11.8 Å². The van der Waals surface area contributed by atoms with Crippen LogP contribution in [0.4, 0.5) is 14.5 Å². The van der Waals surface area contributed by atoms with Crippen molar-refractivity contribution in [2.24, 2.45) is 4.99 Å². The number of nitrogens with zero attached hydrogens (tertiary/aromatic N) is 2. The number of carbonyl (C=O) groups is 2. The van der Waals surface area contributed by atoms with Crippen molar-refractivity contribution < 1.29 is 23.1 Å². The van der Waals surface area contributed by atoms with Crippen molar-refractivity contribution in [2.75, 3.05) is 19.4 Å². The van der Waals surface area contributed by atoms with Crippen LogP contribution in [0.15, 0.2) is 29.3 Å². The molecule has 1 unspecified atom stereocenters. The summed E-state index contributed by atoms with van der Waals surface area (Å²) in [5.74, 6) is -0.816. The molecule has 9 heteroatoms. The fourth-order valence-corrected chi connectivity index (χ4v) is 3.14. The van der Waals surface area contributed by atoms with Crippen LogP contribution in [0.3, 0.4) is 0 Å². The number of aliphatic imine (C=N–C) groups is 1. The number of benzene rings is 1. The second kappa shape index (κ2) is 7.40. The molecule has 1 N–H and O–H groups in total. The lowest BCUT2D eigenvalue weighted by molar-refractivity contribution is -0.127. The Morgan fingerprint density at radius 1 is 1.48 bits per heavy atom. The van der Waals surface area contributed by atoms with E-state index in [4.69, 9.17) is 0 Å². The molecule has 1 aromatic rings. The van der Waals surface area contributed by atoms with Gasteiger partial charge in [-0.3, -0.25) is 19.5 Å². The first-order chi connectivity index (χ1) is 10.9. The summed E-state index contributed by atoms with van der Waals surface area (Å²) in [6, 6.07) is 5.87. The van der Waals surface area contributed by atoms with Gasteiger partial charge in [0.15, 0.2) is 5.17 Å². The van der Waals surface area contributed by atoms with E-state index in [9.17, 15) is 18.4 Å². The highest BCUT2D eigenvalue weighted by Crippen LogP contribution is 2.30. The normalized spacial score (nSPS) is 19.5. The van der Waals surface area contributed by atoms with Crippen molar-refractivity contribution in [2.45, 2.75) is 18.3 Å². The number of carbonyl (C=O) groups excluding carboxylic acids is 2. The molecule has 6 nitrogen and oxygen atoms in total. The molecule has 1 saturated heterocycles. The third-order valence-electron chi connectivity index (χ3n) is 3.08. The third-order valence-corrected chi connectivity index (χ3v) is 4.40. The van der Waals surface area contributed by atoms with Gasteiger partial charge < -0.3 is 10.1 Å². The summed E-state index contributed by atoms with van der Waals surface area (Å²) in [5.41, 5.74) is 0.131. The van der Waals surface area contributed by atoms with Gasteiger partial charge in [-0.1, -0.05) is 23.9 Å². The Bertz CT molecular complexity index is 639. The van der Waals surface area contributed by atoms with E-state index >= 15 is 0 Å². The number of nitrogens with one attached hydrogen (secondary N) is 1. The number of alkyl halides is 2. The zero-order chi connectivity index (χ0) is 17.0. The molecule has 0 aromatic heterocycles. The lowest BCUT2D eigenvalue weighted by atomic mass is 10.2. The van der Waals surface area contributed by atoms with E-state index in [0.29, 0.717) is 5.17 Å². The number of halogens is 2. The molecule has 1 fully saturated rings. The van der Waals surface area contributed by atoms with E-state index < -0.39 is 17.8 Å². The number of ether oxygens (including phenoxy) is 1. The maximum Gasteiger partial charge on any atom is 0.387 e. The van der Waals surface area contributed by atoms with E-state index in [1.54, 1.807) is 20.2 Å². The highest BCUT2D eigenvalue weighted by Gasteiger charge is 2.36. The van der Waals surface area contributed by atoms with Crippen LogP contribution >= 0.6 is 11.8 Å². The summed E-state index contributed by atoms with van der Waals surface area (Å²) >= 11 is 1.19. The van der Waals surface area contributed by atoms with Crippen LogP contribution in [0, 0.1) is 0 Å². The molecule has 1 aromatic carbocycles. The zero-order valence-corrected chi connectivity index (χ0v) is 13.3. The first kappa shape index (κ1) is 17.2. The van der Waals surface area contributed by atoms with Crippen LogP contribution in [0.1, 0.15) is 6.42 Å². The van der Waals surface area contributed by atoms with E-state index in [0.717, 1.165) is 0 Å². The minimum Gasteiger partial charge on any atom is -0.433 e. The topological polar surface area (TPSA) is 71.0 Å². The molecule has 124 valence electrons. The average molecular weight is 343 g/mol. The van der Waals surface area contributed by atoms with Gasteiger partial charge in [0.05, 0.1) is 5.69 Å². The zero-order valence-electron chi connectivity index (χ0n) is 12.5. The number of anilines is 1. The maximum absolute atomic E-state index is 12.3. The fraction of sp³-hybridized carbons (Fsp3) is 0.357. The fourth-order valence-electron chi connectivity index (χ4n) is 2.04. The Kier molecular flexibility index (Phi) is 5.54. The molecule has 0 bridgehead atoms. The molecule has 23 heavy (non-hydrogen) atoms. The van der Waals surface area contributed by atoms with Crippen molar-refractivity contribution in [1.82, 2.24) is 4.90 Å². The van der Waals surface area contributed by atoms with Crippen molar-refractivity contribution in [1.29, 1.82) is 0 Å². The van der Waals surface area contributed by atoms with E-state index in [2.05, 4.69) is 15.0 Å². The predicted molar refractivity (Wildman–Crippen MR) is 83.8 cm³/mol. The summed E-state index contributed by atoms with van der Waals surface area (Å²) in [7, 11) is 3.15. The molecule has 1 aliphatic heterocycles. The van der Waals surface area contributed by atoms with Crippen molar-refractivity contribution >= 4 is 34.4 Å². The molecule has 1 atom stereocenters. The Balaban J connectivity index is 2.02. The maximum atomic E-state index is 12.3. The largest absolute Gasteiger partial charge is 0.433 e. The summed E-state index contributed by atoms with van der Waals surface area (Å²) in [4.78, 5) is 29.4. The van der Waals surface area contributed by atoms with Crippen molar-refractivity contribution in [3.63, 3.8) is 0 Å². The average Bonchev–Trinajstić information content (AvgIpc) is 2.76. The number of para-hydroxylation sites is 2. The standard InChI is InChI=1S/C14H15F2N3O3S/c1-17-14-19(2)12(21)10(23-14)7-11(20)18-8-5-3-4-6-9(8)22-13(15)16/h3-6,10,13H,7H2,1-2H3,(H,18,20). The van der Waals surface area contributed by atoms with Crippen LogP contribution in [-0.2, 0) is 9.59 Å². The predicted octanol–water partition coefficient (Wildman–Crippen LogP) is 2.18. The van der Waals surface area contributed by atoms with Gasteiger partial charge in [-0.25, -0.2) is 0 Å². The SMILES string of the molecule is CN=C1SC(CC(=O)Nc2ccccc2OC(F)F)C(=O)N1C. The minimum absolute atomic E-state index is 0.0874. The Morgan fingerprint density at radius 2 is 2.17 bits per heavy atom. The van der Waals surface area contributed by atoms with Crippen LogP contribution < -0.4 is 10.1 Å². The van der Waals surface area contributed by atoms with Crippen molar-refractivity contribution in [3.8, 4) is 5.75 Å². The molecular formula is C14H15F2N3O3S. The molecule has 0 saturated carbocycles.